The first-order valence-corrected chi connectivity index (χ1v) is 10.4. The number of likely N-dealkylation sites (tertiary alicyclic amines) is 1. The Hall–Kier alpha value is -1.58. The van der Waals surface area contributed by atoms with Gasteiger partial charge in [0.15, 0.2) is 0 Å². The van der Waals surface area contributed by atoms with E-state index in [1.165, 1.54) is 75.1 Å². The highest BCUT2D eigenvalue weighted by atomic mass is 15.2. The molecule has 3 heteroatoms. The number of piperidine rings is 2. The van der Waals surface area contributed by atoms with Crippen LogP contribution in [0.1, 0.15) is 55.1 Å². The van der Waals surface area contributed by atoms with Crippen molar-refractivity contribution in [2.24, 2.45) is 13.0 Å². The van der Waals surface area contributed by atoms with Gasteiger partial charge in [0.25, 0.3) is 0 Å². The molecule has 2 aromatic rings. The maximum absolute atomic E-state index is 3.69. The summed E-state index contributed by atoms with van der Waals surface area (Å²) in [6, 6.07) is 16.2. The highest BCUT2D eigenvalue weighted by Gasteiger charge is 2.22. The lowest BCUT2D eigenvalue weighted by atomic mass is 9.90. The van der Waals surface area contributed by atoms with E-state index in [2.05, 4.69) is 64.3 Å². The molecule has 0 radical (unpaired) electrons. The van der Waals surface area contributed by atoms with Gasteiger partial charge in [-0.25, -0.2) is 0 Å². The number of rotatable bonds is 5. The van der Waals surface area contributed by atoms with Crippen LogP contribution in [-0.2, 0) is 20.0 Å². The second-order valence-corrected chi connectivity index (χ2v) is 8.22. The molecule has 0 spiro atoms. The molecule has 1 aromatic carbocycles. The number of nitrogens with zero attached hydrogens (tertiary/aromatic N) is 2. The first-order chi connectivity index (χ1) is 12.8. The summed E-state index contributed by atoms with van der Waals surface area (Å²) in [5, 5.41) is 3.69. The molecule has 26 heavy (non-hydrogen) atoms. The molecule has 0 bridgehead atoms. The molecule has 4 rings (SSSR count). The molecular formula is C23H33N3. The van der Waals surface area contributed by atoms with Gasteiger partial charge in [0.05, 0.1) is 0 Å². The van der Waals surface area contributed by atoms with Crippen molar-refractivity contribution in [2.45, 2.75) is 51.1 Å². The Kier molecular flexibility index (Phi) is 5.76. The summed E-state index contributed by atoms with van der Waals surface area (Å²) in [5.41, 5.74) is 4.44. The van der Waals surface area contributed by atoms with Crippen molar-refractivity contribution >= 4 is 0 Å². The molecule has 2 aliphatic rings. The van der Waals surface area contributed by atoms with E-state index in [0.717, 1.165) is 12.5 Å². The van der Waals surface area contributed by atoms with Crippen molar-refractivity contribution in [3.8, 4) is 0 Å². The molecule has 1 N–H and O–H groups in total. The predicted molar refractivity (Wildman–Crippen MR) is 108 cm³/mol. The van der Waals surface area contributed by atoms with Gasteiger partial charge in [-0.3, -0.25) is 4.90 Å². The lowest BCUT2D eigenvalue weighted by Crippen LogP contribution is -2.34. The van der Waals surface area contributed by atoms with Crippen LogP contribution in [-0.4, -0.2) is 29.1 Å². The number of hydrogen-bond acceptors (Lipinski definition) is 2. The summed E-state index contributed by atoms with van der Waals surface area (Å²) in [7, 11) is 2.25. The van der Waals surface area contributed by atoms with Crippen LogP contribution in [0.5, 0.6) is 0 Å². The van der Waals surface area contributed by atoms with Gasteiger partial charge in [-0.1, -0.05) is 36.8 Å². The maximum atomic E-state index is 3.69. The van der Waals surface area contributed by atoms with Gasteiger partial charge in [-0.2, -0.15) is 0 Å². The highest BCUT2D eigenvalue weighted by molar-refractivity contribution is 5.20. The fraction of sp³-hybridized carbons (Fsp3) is 0.565. The van der Waals surface area contributed by atoms with Crippen molar-refractivity contribution in [2.75, 3.05) is 19.6 Å². The van der Waals surface area contributed by atoms with Crippen molar-refractivity contribution < 1.29 is 0 Å². The fourth-order valence-corrected chi connectivity index (χ4v) is 4.71. The monoisotopic (exact) mass is 351 g/mol. The van der Waals surface area contributed by atoms with Gasteiger partial charge in [-0.05, 0) is 75.4 Å². The molecule has 1 unspecified atom stereocenters. The first kappa shape index (κ1) is 17.8. The second kappa shape index (κ2) is 8.41. The minimum Gasteiger partial charge on any atom is -0.349 e. The summed E-state index contributed by atoms with van der Waals surface area (Å²) in [5.74, 6) is 0.851. The average Bonchev–Trinajstić information content (AvgIpc) is 3.05. The van der Waals surface area contributed by atoms with Crippen LogP contribution in [0.3, 0.4) is 0 Å². The van der Waals surface area contributed by atoms with Gasteiger partial charge < -0.3 is 9.88 Å². The Morgan fingerprint density at radius 1 is 0.962 bits per heavy atom. The number of aromatic nitrogens is 1. The van der Waals surface area contributed by atoms with Crippen molar-refractivity contribution in [1.29, 1.82) is 0 Å². The van der Waals surface area contributed by atoms with Crippen LogP contribution in [0.2, 0.25) is 0 Å². The van der Waals surface area contributed by atoms with Crippen LogP contribution >= 0.6 is 0 Å². The van der Waals surface area contributed by atoms with E-state index in [1.807, 2.05) is 0 Å². The Bertz CT molecular complexity index is 677. The van der Waals surface area contributed by atoms with Gasteiger partial charge in [-0.15, -0.1) is 0 Å². The van der Waals surface area contributed by atoms with Crippen LogP contribution in [0.15, 0.2) is 42.5 Å². The van der Waals surface area contributed by atoms with E-state index >= 15 is 0 Å². The minimum absolute atomic E-state index is 0.555. The zero-order valence-corrected chi connectivity index (χ0v) is 16.2. The van der Waals surface area contributed by atoms with E-state index in [0.29, 0.717) is 6.04 Å². The third-order valence-electron chi connectivity index (χ3n) is 6.39. The highest BCUT2D eigenvalue weighted by Crippen LogP contribution is 2.26. The molecule has 3 nitrogen and oxygen atoms in total. The lowest BCUT2D eigenvalue weighted by molar-refractivity contribution is 0.174. The minimum atomic E-state index is 0.555. The summed E-state index contributed by atoms with van der Waals surface area (Å²) in [6.07, 6.45) is 7.87. The molecule has 1 atom stereocenters. The third kappa shape index (κ3) is 4.21. The van der Waals surface area contributed by atoms with Gasteiger partial charge in [0, 0.05) is 31.0 Å². The smallest absolute Gasteiger partial charge is 0.0474 e. The third-order valence-corrected chi connectivity index (χ3v) is 6.39. The fourth-order valence-electron chi connectivity index (χ4n) is 4.71. The Morgan fingerprint density at radius 3 is 2.50 bits per heavy atom. The first-order valence-electron chi connectivity index (χ1n) is 10.4. The van der Waals surface area contributed by atoms with E-state index in [-0.39, 0.29) is 0 Å². The maximum Gasteiger partial charge on any atom is 0.0474 e. The Morgan fingerprint density at radius 2 is 1.77 bits per heavy atom. The van der Waals surface area contributed by atoms with Crippen LogP contribution < -0.4 is 5.32 Å². The standard InChI is InChI=1S/C23H33N3/c1-25-21(10-11-23(25)22-9-5-6-14-24-22)18-26-15-12-20(13-16-26)17-19-7-3-2-4-8-19/h2-4,7-8,10-11,20,22,24H,5-6,9,12-18H2,1H3. The Balaban J connectivity index is 1.30. The largest absolute Gasteiger partial charge is 0.349 e. The average molecular weight is 352 g/mol. The van der Waals surface area contributed by atoms with Crippen LogP contribution in [0.4, 0.5) is 0 Å². The zero-order chi connectivity index (χ0) is 17.8. The molecular weight excluding hydrogens is 318 g/mol. The summed E-state index contributed by atoms with van der Waals surface area (Å²) < 4.78 is 2.44. The molecule has 140 valence electrons. The topological polar surface area (TPSA) is 20.2 Å². The van der Waals surface area contributed by atoms with Gasteiger partial charge in [0.2, 0.25) is 0 Å². The number of hydrogen-bond donors (Lipinski definition) is 1. The van der Waals surface area contributed by atoms with E-state index in [1.54, 1.807) is 0 Å². The molecule has 2 saturated heterocycles. The molecule has 0 saturated carbocycles. The second-order valence-electron chi connectivity index (χ2n) is 8.22. The molecule has 0 amide bonds. The van der Waals surface area contributed by atoms with Crippen molar-refractivity contribution in [1.82, 2.24) is 14.8 Å². The van der Waals surface area contributed by atoms with E-state index < -0.39 is 0 Å². The lowest BCUT2D eigenvalue weighted by Gasteiger charge is -2.32. The van der Waals surface area contributed by atoms with E-state index in [9.17, 15) is 0 Å². The molecule has 0 aliphatic carbocycles. The number of nitrogens with one attached hydrogen (secondary N) is 1. The SMILES string of the molecule is Cn1c(CN2CCC(Cc3ccccc3)CC2)ccc1C1CCCCN1. The predicted octanol–water partition coefficient (Wildman–Crippen LogP) is 4.29. The zero-order valence-electron chi connectivity index (χ0n) is 16.2. The van der Waals surface area contributed by atoms with Crippen molar-refractivity contribution in [3.63, 3.8) is 0 Å². The summed E-state index contributed by atoms with van der Waals surface area (Å²) in [6.45, 7) is 4.74. The van der Waals surface area contributed by atoms with Crippen LogP contribution in [0, 0.1) is 5.92 Å². The van der Waals surface area contributed by atoms with Gasteiger partial charge in [0.1, 0.15) is 0 Å². The summed E-state index contributed by atoms with van der Waals surface area (Å²) in [4.78, 5) is 2.65. The molecule has 2 fully saturated rings. The Labute approximate surface area is 158 Å². The normalized spacial score (nSPS) is 22.6. The molecule has 3 heterocycles. The molecule has 1 aromatic heterocycles. The van der Waals surface area contributed by atoms with E-state index in [4.69, 9.17) is 0 Å². The quantitative estimate of drug-likeness (QED) is 0.867. The number of benzene rings is 1. The molecule has 2 aliphatic heterocycles. The van der Waals surface area contributed by atoms with Crippen molar-refractivity contribution in [3.05, 3.63) is 59.4 Å². The van der Waals surface area contributed by atoms with Gasteiger partial charge >= 0.3 is 0 Å². The summed E-state index contributed by atoms with van der Waals surface area (Å²) >= 11 is 0. The van der Waals surface area contributed by atoms with Crippen LogP contribution in [0.25, 0.3) is 0 Å².